The van der Waals surface area contributed by atoms with Crippen LogP contribution in [0.1, 0.15) is 22.3 Å². The Labute approximate surface area is 206 Å². The molecule has 2 aromatic carbocycles. The lowest BCUT2D eigenvalue weighted by Crippen LogP contribution is -2.20. The lowest BCUT2D eigenvalue weighted by molar-refractivity contribution is -0.112. The first-order valence-corrected chi connectivity index (χ1v) is 11.1. The minimum atomic E-state index is -0.646. The van der Waals surface area contributed by atoms with Gasteiger partial charge in [-0.3, -0.25) is 14.0 Å². The van der Waals surface area contributed by atoms with Gasteiger partial charge in [-0.05, 0) is 79.9 Å². The number of hydrogen-bond acceptors (Lipinski definition) is 5. The highest BCUT2D eigenvalue weighted by Crippen LogP contribution is 2.27. The van der Waals surface area contributed by atoms with Crippen LogP contribution in [-0.4, -0.2) is 15.3 Å². The zero-order chi connectivity index (χ0) is 25.1. The van der Waals surface area contributed by atoms with Gasteiger partial charge in [0.2, 0.25) is 5.88 Å². The van der Waals surface area contributed by atoms with E-state index in [0.29, 0.717) is 22.1 Å². The SMILES string of the molecule is Cc1ccc(C)c(NC(=O)/C(C#N)=C\c2c(Oc3ccc(Cl)c(C)c3)nc3ccccn3c2=O)c1. The number of nitriles is 1. The summed E-state index contributed by atoms with van der Waals surface area (Å²) in [5, 5.41) is 13.1. The number of rotatable bonds is 5. The van der Waals surface area contributed by atoms with Crippen molar-refractivity contribution in [1.82, 2.24) is 9.38 Å². The second-order valence-corrected chi connectivity index (χ2v) is 8.43. The lowest BCUT2D eigenvalue weighted by Gasteiger charge is -2.12. The molecule has 0 aliphatic rings. The normalized spacial score (nSPS) is 11.2. The zero-order valence-corrected chi connectivity index (χ0v) is 20.1. The number of ether oxygens (including phenoxy) is 1. The summed E-state index contributed by atoms with van der Waals surface area (Å²) in [6.07, 6.45) is 2.76. The number of aryl methyl sites for hydroxylation is 3. The number of anilines is 1. The largest absolute Gasteiger partial charge is 0.438 e. The molecule has 0 saturated heterocycles. The minimum Gasteiger partial charge on any atom is -0.438 e. The molecule has 0 bridgehead atoms. The van der Waals surface area contributed by atoms with Crippen LogP contribution in [0.25, 0.3) is 11.7 Å². The molecule has 1 amide bonds. The molecule has 0 radical (unpaired) electrons. The standard InChI is InChI=1S/C27H21ClN4O3/c1-16-7-8-17(2)23(12-16)30-25(33)19(15-29)14-21-26(35-20-9-10-22(28)18(3)13-20)31-24-6-4-5-11-32(24)27(21)34/h4-14H,1-3H3,(H,30,33)/b19-14-. The molecule has 4 rings (SSSR count). The molecule has 2 aromatic heterocycles. The van der Waals surface area contributed by atoms with Crippen molar-refractivity contribution < 1.29 is 9.53 Å². The van der Waals surface area contributed by atoms with E-state index in [2.05, 4.69) is 10.3 Å². The third-order valence-corrected chi connectivity index (χ3v) is 5.80. The van der Waals surface area contributed by atoms with Crippen molar-refractivity contribution in [2.24, 2.45) is 0 Å². The van der Waals surface area contributed by atoms with E-state index < -0.39 is 11.5 Å². The van der Waals surface area contributed by atoms with E-state index >= 15 is 0 Å². The fraction of sp³-hybridized carbons (Fsp3) is 0.111. The van der Waals surface area contributed by atoms with E-state index in [1.807, 2.05) is 45.0 Å². The van der Waals surface area contributed by atoms with Crippen LogP contribution in [0.15, 0.2) is 71.2 Å². The van der Waals surface area contributed by atoms with Crippen LogP contribution in [0.5, 0.6) is 11.6 Å². The predicted molar refractivity (Wildman–Crippen MR) is 136 cm³/mol. The molecule has 0 unspecified atom stereocenters. The first-order chi connectivity index (χ1) is 16.8. The zero-order valence-electron chi connectivity index (χ0n) is 19.3. The van der Waals surface area contributed by atoms with E-state index in [4.69, 9.17) is 16.3 Å². The van der Waals surface area contributed by atoms with Gasteiger partial charge in [-0.2, -0.15) is 10.2 Å². The third-order valence-electron chi connectivity index (χ3n) is 5.37. The molecule has 174 valence electrons. The number of pyridine rings is 1. The maximum Gasteiger partial charge on any atom is 0.269 e. The van der Waals surface area contributed by atoms with Crippen LogP contribution in [-0.2, 0) is 4.79 Å². The third kappa shape index (κ3) is 5.08. The van der Waals surface area contributed by atoms with Gasteiger partial charge in [0.05, 0.1) is 0 Å². The van der Waals surface area contributed by atoms with Gasteiger partial charge < -0.3 is 10.1 Å². The molecule has 8 heteroatoms. The summed E-state index contributed by atoms with van der Waals surface area (Å²) in [5.41, 5.74) is 2.74. The Morgan fingerprint density at radius 3 is 2.66 bits per heavy atom. The van der Waals surface area contributed by atoms with Crippen molar-refractivity contribution in [3.63, 3.8) is 0 Å². The fourth-order valence-corrected chi connectivity index (χ4v) is 3.55. The highest BCUT2D eigenvalue weighted by atomic mass is 35.5. The number of amides is 1. The topological polar surface area (TPSA) is 96.5 Å². The maximum absolute atomic E-state index is 13.3. The molecule has 0 spiro atoms. The summed E-state index contributed by atoms with van der Waals surface area (Å²) in [7, 11) is 0. The molecule has 4 aromatic rings. The number of nitrogens with one attached hydrogen (secondary N) is 1. The Morgan fingerprint density at radius 2 is 1.91 bits per heavy atom. The first-order valence-electron chi connectivity index (χ1n) is 10.7. The quantitative estimate of drug-likeness (QED) is 0.293. The highest BCUT2D eigenvalue weighted by Gasteiger charge is 2.18. The molecule has 0 atom stereocenters. The number of hydrogen-bond donors (Lipinski definition) is 1. The second kappa shape index (κ2) is 9.84. The molecular formula is C27H21ClN4O3. The van der Waals surface area contributed by atoms with E-state index in [0.717, 1.165) is 16.7 Å². The van der Waals surface area contributed by atoms with Gasteiger partial charge in [0, 0.05) is 16.9 Å². The summed E-state index contributed by atoms with van der Waals surface area (Å²) in [6, 6.07) is 17.6. The van der Waals surface area contributed by atoms with E-state index in [9.17, 15) is 14.9 Å². The molecule has 0 fully saturated rings. The molecule has 7 nitrogen and oxygen atoms in total. The molecule has 0 aliphatic heterocycles. The Kier molecular flexibility index (Phi) is 6.67. The van der Waals surface area contributed by atoms with Gasteiger partial charge in [0.15, 0.2) is 0 Å². The number of fused-ring (bicyclic) bond motifs is 1. The lowest BCUT2D eigenvalue weighted by atomic mass is 10.1. The summed E-state index contributed by atoms with van der Waals surface area (Å²) in [5.74, 6) is -0.269. The molecular weight excluding hydrogens is 464 g/mol. The summed E-state index contributed by atoms with van der Waals surface area (Å²) < 4.78 is 7.27. The van der Waals surface area contributed by atoms with E-state index in [1.165, 1.54) is 10.5 Å². The number of aromatic nitrogens is 2. The molecule has 2 heterocycles. The van der Waals surface area contributed by atoms with Crippen LogP contribution in [0.3, 0.4) is 0 Å². The smallest absolute Gasteiger partial charge is 0.269 e. The van der Waals surface area contributed by atoms with Gasteiger partial charge in [0.25, 0.3) is 11.5 Å². The molecule has 35 heavy (non-hydrogen) atoms. The maximum atomic E-state index is 13.3. The average molecular weight is 485 g/mol. The predicted octanol–water partition coefficient (Wildman–Crippen LogP) is 5.61. The average Bonchev–Trinajstić information content (AvgIpc) is 2.83. The Bertz CT molecular complexity index is 1600. The van der Waals surface area contributed by atoms with Crippen LogP contribution in [0.2, 0.25) is 5.02 Å². The highest BCUT2D eigenvalue weighted by molar-refractivity contribution is 6.31. The van der Waals surface area contributed by atoms with E-state index in [-0.39, 0.29) is 17.0 Å². The summed E-state index contributed by atoms with van der Waals surface area (Å²) in [6.45, 7) is 5.58. The second-order valence-electron chi connectivity index (χ2n) is 8.02. The fourth-order valence-electron chi connectivity index (χ4n) is 3.43. The number of carbonyl (C=O) groups is 1. The van der Waals surface area contributed by atoms with Gasteiger partial charge in [0.1, 0.15) is 28.6 Å². The number of nitrogens with zero attached hydrogens (tertiary/aromatic N) is 3. The minimum absolute atomic E-state index is 0.0322. The van der Waals surface area contributed by atoms with Crippen molar-refractivity contribution in [3.8, 4) is 17.7 Å². The van der Waals surface area contributed by atoms with Gasteiger partial charge in [-0.1, -0.05) is 29.8 Å². The van der Waals surface area contributed by atoms with Gasteiger partial charge in [-0.25, -0.2) is 0 Å². The monoisotopic (exact) mass is 484 g/mol. The molecule has 0 aliphatic carbocycles. The van der Waals surface area contributed by atoms with Crippen LogP contribution in [0, 0.1) is 32.1 Å². The Morgan fingerprint density at radius 1 is 1.11 bits per heavy atom. The van der Waals surface area contributed by atoms with E-state index in [1.54, 1.807) is 42.6 Å². The van der Waals surface area contributed by atoms with Gasteiger partial charge in [-0.15, -0.1) is 0 Å². The van der Waals surface area contributed by atoms with Crippen molar-refractivity contribution >= 4 is 34.9 Å². The van der Waals surface area contributed by atoms with Crippen LogP contribution in [0.4, 0.5) is 5.69 Å². The van der Waals surface area contributed by atoms with Crippen molar-refractivity contribution in [3.05, 3.63) is 104 Å². The molecule has 0 saturated carbocycles. The number of carbonyl (C=O) groups excluding carboxylic acids is 1. The number of benzene rings is 2. The van der Waals surface area contributed by atoms with Crippen molar-refractivity contribution in [1.29, 1.82) is 5.26 Å². The van der Waals surface area contributed by atoms with Crippen LogP contribution >= 0.6 is 11.6 Å². The Hall–Kier alpha value is -4.41. The number of halogens is 1. The summed E-state index contributed by atoms with van der Waals surface area (Å²) in [4.78, 5) is 30.7. The van der Waals surface area contributed by atoms with Gasteiger partial charge >= 0.3 is 0 Å². The Balaban J connectivity index is 1.81. The van der Waals surface area contributed by atoms with Crippen molar-refractivity contribution in [2.75, 3.05) is 5.32 Å². The summed E-state index contributed by atoms with van der Waals surface area (Å²) >= 11 is 6.11. The van der Waals surface area contributed by atoms with Crippen molar-refractivity contribution in [2.45, 2.75) is 20.8 Å². The van der Waals surface area contributed by atoms with Crippen LogP contribution < -0.4 is 15.6 Å². The molecule has 1 N–H and O–H groups in total. The first kappa shape index (κ1) is 23.7.